The average Bonchev–Trinajstić information content (AvgIpc) is 2.66. The Hall–Kier alpha value is -1.81. The van der Waals surface area contributed by atoms with Crippen molar-refractivity contribution in [3.8, 4) is 5.69 Å². The van der Waals surface area contributed by atoms with E-state index in [4.69, 9.17) is 16.7 Å². The van der Waals surface area contributed by atoms with Crippen molar-refractivity contribution in [2.75, 3.05) is 0 Å². The highest BCUT2D eigenvalue weighted by atomic mass is 35.5. The molecule has 0 saturated carbocycles. The van der Waals surface area contributed by atoms with Crippen molar-refractivity contribution in [2.45, 2.75) is 6.42 Å². The van der Waals surface area contributed by atoms with Crippen molar-refractivity contribution in [1.82, 2.24) is 9.55 Å². The quantitative estimate of drug-likeness (QED) is 0.889. The Kier molecular flexibility index (Phi) is 2.92. The van der Waals surface area contributed by atoms with Crippen LogP contribution in [0.3, 0.4) is 0 Å². The van der Waals surface area contributed by atoms with E-state index >= 15 is 0 Å². The van der Waals surface area contributed by atoms with Gasteiger partial charge in [-0.2, -0.15) is 0 Å². The Labute approximate surface area is 97.1 Å². The van der Waals surface area contributed by atoms with Crippen molar-refractivity contribution >= 4 is 17.6 Å². The van der Waals surface area contributed by atoms with Crippen LogP contribution in [0.1, 0.15) is 5.82 Å². The molecule has 0 amide bonds. The van der Waals surface area contributed by atoms with Gasteiger partial charge < -0.3 is 9.67 Å². The van der Waals surface area contributed by atoms with Crippen LogP contribution in [0, 0.1) is 0 Å². The molecule has 0 unspecified atom stereocenters. The number of hydrogen-bond acceptors (Lipinski definition) is 2. The lowest BCUT2D eigenvalue weighted by atomic mass is 10.3. The first-order valence-corrected chi connectivity index (χ1v) is 5.05. The topological polar surface area (TPSA) is 55.1 Å². The minimum Gasteiger partial charge on any atom is -0.481 e. The van der Waals surface area contributed by atoms with E-state index in [-0.39, 0.29) is 6.42 Å². The Morgan fingerprint density at radius 1 is 1.44 bits per heavy atom. The van der Waals surface area contributed by atoms with Gasteiger partial charge in [0, 0.05) is 12.4 Å². The molecule has 0 bridgehead atoms. The normalized spacial score (nSPS) is 10.3. The number of carboxylic acid groups (broad SMARTS) is 1. The van der Waals surface area contributed by atoms with E-state index in [0.717, 1.165) is 5.69 Å². The molecule has 1 N–H and O–H groups in total. The third-order valence-electron chi connectivity index (χ3n) is 2.14. The van der Waals surface area contributed by atoms with Crippen molar-refractivity contribution < 1.29 is 9.90 Å². The first-order valence-electron chi connectivity index (χ1n) is 4.67. The van der Waals surface area contributed by atoms with Gasteiger partial charge in [0.25, 0.3) is 0 Å². The third-order valence-corrected chi connectivity index (χ3v) is 2.46. The Balaban J connectivity index is 2.45. The van der Waals surface area contributed by atoms with E-state index in [0.29, 0.717) is 10.8 Å². The first-order chi connectivity index (χ1) is 7.68. The fourth-order valence-corrected chi connectivity index (χ4v) is 1.69. The Morgan fingerprint density at radius 3 is 2.88 bits per heavy atom. The zero-order chi connectivity index (χ0) is 11.5. The van der Waals surface area contributed by atoms with Crippen LogP contribution in [0.15, 0.2) is 36.7 Å². The zero-order valence-electron chi connectivity index (χ0n) is 8.30. The molecule has 0 aliphatic heterocycles. The number of imidazole rings is 1. The van der Waals surface area contributed by atoms with E-state index < -0.39 is 5.97 Å². The number of nitrogens with zero attached hydrogens (tertiary/aromatic N) is 2. The minimum absolute atomic E-state index is 0.127. The van der Waals surface area contributed by atoms with Gasteiger partial charge in [-0.3, -0.25) is 4.79 Å². The number of hydrogen-bond donors (Lipinski definition) is 1. The molecule has 2 aromatic rings. The molecular formula is C11H9ClN2O2. The van der Waals surface area contributed by atoms with Gasteiger partial charge in [0.2, 0.25) is 0 Å². The van der Waals surface area contributed by atoms with E-state index in [1.807, 2.05) is 18.2 Å². The third kappa shape index (κ3) is 2.06. The van der Waals surface area contributed by atoms with Crippen molar-refractivity contribution in [3.63, 3.8) is 0 Å². The standard InChI is InChI=1S/C11H9ClN2O2/c12-8-3-1-2-4-9(8)14-6-5-13-10(14)7-11(15)16/h1-6H,7H2,(H,15,16). The lowest BCUT2D eigenvalue weighted by Gasteiger charge is -2.07. The van der Waals surface area contributed by atoms with E-state index in [9.17, 15) is 4.79 Å². The molecule has 82 valence electrons. The highest BCUT2D eigenvalue weighted by molar-refractivity contribution is 6.32. The highest BCUT2D eigenvalue weighted by Crippen LogP contribution is 2.20. The second-order valence-corrected chi connectivity index (χ2v) is 3.64. The van der Waals surface area contributed by atoms with Crippen LogP contribution >= 0.6 is 11.6 Å². The molecule has 1 aromatic carbocycles. The summed E-state index contributed by atoms with van der Waals surface area (Å²) in [5.41, 5.74) is 0.734. The molecule has 1 heterocycles. The summed E-state index contributed by atoms with van der Waals surface area (Å²) in [6.45, 7) is 0. The van der Waals surface area contributed by atoms with Crippen molar-refractivity contribution in [3.05, 3.63) is 47.5 Å². The molecule has 5 heteroatoms. The van der Waals surface area contributed by atoms with Crippen LogP contribution in [-0.4, -0.2) is 20.6 Å². The number of carbonyl (C=O) groups is 1. The summed E-state index contributed by atoms with van der Waals surface area (Å²) in [6.07, 6.45) is 3.12. The summed E-state index contributed by atoms with van der Waals surface area (Å²) in [5.74, 6) is -0.458. The number of benzene rings is 1. The fourth-order valence-electron chi connectivity index (χ4n) is 1.47. The minimum atomic E-state index is -0.917. The summed E-state index contributed by atoms with van der Waals surface area (Å²) >= 11 is 6.03. The lowest BCUT2D eigenvalue weighted by Crippen LogP contribution is -2.07. The first kappa shape index (κ1) is 10.7. The lowest BCUT2D eigenvalue weighted by molar-refractivity contribution is -0.136. The molecule has 0 radical (unpaired) electrons. The Morgan fingerprint density at radius 2 is 2.19 bits per heavy atom. The number of halogens is 1. The summed E-state index contributed by atoms with van der Waals surface area (Å²) < 4.78 is 1.68. The number of aliphatic carboxylic acids is 1. The molecule has 0 spiro atoms. The fraction of sp³-hybridized carbons (Fsp3) is 0.0909. The van der Waals surface area contributed by atoms with E-state index in [1.54, 1.807) is 23.0 Å². The Bertz CT molecular complexity index is 522. The molecule has 0 aliphatic rings. The van der Waals surface area contributed by atoms with E-state index in [1.165, 1.54) is 0 Å². The van der Waals surface area contributed by atoms with Crippen LogP contribution in [-0.2, 0) is 11.2 Å². The van der Waals surface area contributed by atoms with Gasteiger partial charge in [0.05, 0.1) is 10.7 Å². The van der Waals surface area contributed by atoms with Crippen LogP contribution < -0.4 is 0 Å². The van der Waals surface area contributed by atoms with Crippen LogP contribution in [0.4, 0.5) is 0 Å². The molecule has 0 saturated heterocycles. The van der Waals surface area contributed by atoms with Gasteiger partial charge in [-0.25, -0.2) is 4.98 Å². The molecule has 4 nitrogen and oxygen atoms in total. The number of rotatable bonds is 3. The number of aromatic nitrogens is 2. The summed E-state index contributed by atoms with van der Waals surface area (Å²) in [5, 5.41) is 9.30. The average molecular weight is 237 g/mol. The molecule has 2 rings (SSSR count). The molecule has 0 atom stereocenters. The largest absolute Gasteiger partial charge is 0.481 e. The van der Waals surface area contributed by atoms with E-state index in [2.05, 4.69) is 4.98 Å². The van der Waals surface area contributed by atoms with Gasteiger partial charge in [-0.05, 0) is 12.1 Å². The summed E-state index contributed by atoms with van der Waals surface area (Å²) in [6, 6.07) is 7.22. The monoisotopic (exact) mass is 236 g/mol. The molecule has 0 aliphatic carbocycles. The maximum atomic E-state index is 10.6. The molecule has 1 aromatic heterocycles. The van der Waals surface area contributed by atoms with Crippen LogP contribution in [0.25, 0.3) is 5.69 Å². The predicted octanol–water partition coefficient (Wildman–Crippen LogP) is 2.15. The van der Waals surface area contributed by atoms with Gasteiger partial charge in [-0.15, -0.1) is 0 Å². The molecule has 16 heavy (non-hydrogen) atoms. The summed E-state index contributed by atoms with van der Waals surface area (Å²) in [7, 11) is 0. The molecular weight excluding hydrogens is 228 g/mol. The highest BCUT2D eigenvalue weighted by Gasteiger charge is 2.10. The zero-order valence-corrected chi connectivity index (χ0v) is 9.05. The van der Waals surface area contributed by atoms with Gasteiger partial charge >= 0.3 is 5.97 Å². The predicted molar refractivity (Wildman–Crippen MR) is 59.9 cm³/mol. The second kappa shape index (κ2) is 4.37. The van der Waals surface area contributed by atoms with Gasteiger partial charge in [0.15, 0.2) is 0 Å². The number of carboxylic acids is 1. The molecule has 0 fully saturated rings. The van der Waals surface area contributed by atoms with Gasteiger partial charge in [0.1, 0.15) is 12.2 Å². The van der Waals surface area contributed by atoms with Crippen molar-refractivity contribution in [2.24, 2.45) is 0 Å². The second-order valence-electron chi connectivity index (χ2n) is 3.24. The SMILES string of the molecule is O=C(O)Cc1nccn1-c1ccccc1Cl. The maximum Gasteiger partial charge on any atom is 0.311 e. The number of para-hydroxylation sites is 1. The van der Waals surface area contributed by atoms with Crippen molar-refractivity contribution in [1.29, 1.82) is 0 Å². The van der Waals surface area contributed by atoms with Crippen LogP contribution in [0.2, 0.25) is 5.02 Å². The van der Waals surface area contributed by atoms with Gasteiger partial charge in [-0.1, -0.05) is 23.7 Å². The van der Waals surface area contributed by atoms with Crippen LogP contribution in [0.5, 0.6) is 0 Å². The smallest absolute Gasteiger partial charge is 0.311 e. The maximum absolute atomic E-state index is 10.6. The summed E-state index contributed by atoms with van der Waals surface area (Å²) in [4.78, 5) is 14.6.